The zero-order valence-electron chi connectivity index (χ0n) is 11.4. The van der Waals surface area contributed by atoms with Crippen LogP contribution in [0.5, 0.6) is 0 Å². The van der Waals surface area contributed by atoms with Crippen LogP contribution in [0.3, 0.4) is 0 Å². The lowest BCUT2D eigenvalue weighted by Crippen LogP contribution is -2.37. The minimum atomic E-state index is 0.0806. The van der Waals surface area contributed by atoms with Crippen molar-refractivity contribution in [1.82, 2.24) is 5.32 Å². The summed E-state index contributed by atoms with van der Waals surface area (Å²) in [5, 5.41) is 3.02. The zero-order valence-corrected chi connectivity index (χ0v) is 11.4. The van der Waals surface area contributed by atoms with Crippen LogP contribution in [0.4, 0.5) is 0 Å². The molecule has 3 nitrogen and oxygen atoms in total. The van der Waals surface area contributed by atoms with Gasteiger partial charge >= 0.3 is 0 Å². The highest BCUT2D eigenvalue weighted by molar-refractivity contribution is 5.84. The molecule has 0 saturated heterocycles. The lowest BCUT2D eigenvalue weighted by Gasteiger charge is -2.13. The SMILES string of the molecule is CCC(N)CNC(=O)C1C2CCc3ccccc3C21. The van der Waals surface area contributed by atoms with Crippen molar-refractivity contribution in [3.63, 3.8) is 0 Å². The van der Waals surface area contributed by atoms with E-state index >= 15 is 0 Å². The Labute approximate surface area is 114 Å². The van der Waals surface area contributed by atoms with Crippen molar-refractivity contribution in [2.45, 2.75) is 38.1 Å². The van der Waals surface area contributed by atoms with Crippen LogP contribution in [-0.2, 0) is 11.2 Å². The second kappa shape index (κ2) is 4.97. The number of amides is 1. The molecule has 2 aliphatic rings. The predicted octanol–water partition coefficient (Wildman–Crippen LogP) is 1.82. The van der Waals surface area contributed by atoms with Gasteiger partial charge in [0.15, 0.2) is 0 Å². The third-order valence-corrected chi connectivity index (χ3v) is 4.70. The van der Waals surface area contributed by atoms with Crippen molar-refractivity contribution in [1.29, 1.82) is 0 Å². The third-order valence-electron chi connectivity index (χ3n) is 4.70. The van der Waals surface area contributed by atoms with Crippen molar-refractivity contribution < 1.29 is 4.79 Å². The van der Waals surface area contributed by atoms with Crippen molar-refractivity contribution >= 4 is 5.91 Å². The maximum atomic E-state index is 12.2. The van der Waals surface area contributed by atoms with Crippen molar-refractivity contribution in [2.24, 2.45) is 17.6 Å². The maximum Gasteiger partial charge on any atom is 0.224 e. The van der Waals surface area contributed by atoms with Crippen LogP contribution in [-0.4, -0.2) is 18.5 Å². The smallest absolute Gasteiger partial charge is 0.224 e. The average molecular weight is 258 g/mol. The van der Waals surface area contributed by atoms with Crippen LogP contribution in [0.15, 0.2) is 24.3 Å². The van der Waals surface area contributed by atoms with Crippen molar-refractivity contribution in [3.8, 4) is 0 Å². The summed E-state index contributed by atoms with van der Waals surface area (Å²) in [7, 11) is 0. The van der Waals surface area contributed by atoms with Crippen LogP contribution in [0, 0.1) is 11.8 Å². The minimum Gasteiger partial charge on any atom is -0.354 e. The van der Waals surface area contributed by atoms with Gasteiger partial charge in [0.1, 0.15) is 0 Å². The highest BCUT2D eigenvalue weighted by Gasteiger charge is 2.56. The fourth-order valence-electron chi connectivity index (χ4n) is 3.42. The van der Waals surface area contributed by atoms with Gasteiger partial charge in [0.25, 0.3) is 0 Å². The molecule has 4 unspecified atom stereocenters. The van der Waals surface area contributed by atoms with E-state index in [0.717, 1.165) is 19.3 Å². The molecule has 0 aliphatic heterocycles. The Morgan fingerprint density at radius 2 is 2.26 bits per heavy atom. The Kier molecular flexibility index (Phi) is 3.31. The van der Waals surface area contributed by atoms with E-state index in [-0.39, 0.29) is 17.9 Å². The topological polar surface area (TPSA) is 55.1 Å². The monoisotopic (exact) mass is 258 g/mol. The quantitative estimate of drug-likeness (QED) is 0.865. The van der Waals surface area contributed by atoms with Gasteiger partial charge in [-0.2, -0.15) is 0 Å². The molecule has 1 amide bonds. The van der Waals surface area contributed by atoms with Crippen molar-refractivity contribution in [2.75, 3.05) is 6.54 Å². The second-order valence-corrected chi connectivity index (χ2v) is 5.87. The fraction of sp³-hybridized carbons (Fsp3) is 0.562. The lowest BCUT2D eigenvalue weighted by molar-refractivity contribution is -0.122. The molecule has 0 bridgehead atoms. The molecule has 2 aliphatic carbocycles. The van der Waals surface area contributed by atoms with Gasteiger partial charge in [-0.05, 0) is 42.2 Å². The van der Waals surface area contributed by atoms with Crippen LogP contribution in [0.1, 0.15) is 36.8 Å². The molecule has 0 heterocycles. The summed E-state index contributed by atoms with van der Waals surface area (Å²) >= 11 is 0. The Bertz CT molecular complexity index is 485. The van der Waals surface area contributed by atoms with E-state index in [4.69, 9.17) is 5.73 Å². The van der Waals surface area contributed by atoms with Crippen LogP contribution in [0.2, 0.25) is 0 Å². The van der Waals surface area contributed by atoms with Crippen LogP contribution >= 0.6 is 0 Å². The highest BCUT2D eigenvalue weighted by Crippen LogP contribution is 2.59. The molecule has 3 heteroatoms. The molecular formula is C16H22N2O. The number of nitrogens with two attached hydrogens (primary N) is 1. The molecule has 3 N–H and O–H groups in total. The van der Waals surface area contributed by atoms with Gasteiger partial charge in [0, 0.05) is 18.5 Å². The van der Waals surface area contributed by atoms with Gasteiger partial charge in [-0.3, -0.25) is 4.79 Å². The largest absolute Gasteiger partial charge is 0.354 e. The summed E-state index contributed by atoms with van der Waals surface area (Å²) < 4.78 is 0. The number of aryl methyl sites for hydroxylation is 1. The average Bonchev–Trinajstić information content (AvgIpc) is 3.19. The standard InChI is InChI=1S/C16H22N2O/c1-2-11(17)9-18-16(19)15-13-8-7-10-5-3-4-6-12(10)14(13)15/h3-6,11,13-15H,2,7-9,17H2,1H3,(H,18,19). The van der Waals surface area contributed by atoms with Crippen LogP contribution in [0.25, 0.3) is 0 Å². The van der Waals surface area contributed by atoms with Gasteiger partial charge < -0.3 is 11.1 Å². The van der Waals surface area contributed by atoms with E-state index in [1.807, 2.05) is 6.92 Å². The molecule has 102 valence electrons. The molecule has 19 heavy (non-hydrogen) atoms. The van der Waals surface area contributed by atoms with E-state index in [1.165, 1.54) is 11.1 Å². The maximum absolute atomic E-state index is 12.2. The summed E-state index contributed by atoms with van der Waals surface area (Å²) in [5.41, 5.74) is 8.69. The fourth-order valence-corrected chi connectivity index (χ4v) is 3.42. The first-order chi connectivity index (χ1) is 9.22. The van der Waals surface area contributed by atoms with Gasteiger partial charge in [0.2, 0.25) is 5.91 Å². The zero-order chi connectivity index (χ0) is 13.4. The summed E-state index contributed by atoms with van der Waals surface area (Å²) in [6.45, 7) is 2.65. The van der Waals surface area contributed by atoms with Gasteiger partial charge in [-0.1, -0.05) is 31.2 Å². The molecule has 4 atom stereocenters. The molecule has 0 radical (unpaired) electrons. The molecule has 1 fully saturated rings. The number of rotatable bonds is 4. The summed E-state index contributed by atoms with van der Waals surface area (Å²) in [5.74, 6) is 1.42. The number of carbonyl (C=O) groups excluding carboxylic acids is 1. The van der Waals surface area contributed by atoms with Gasteiger partial charge in [-0.25, -0.2) is 0 Å². The summed E-state index contributed by atoms with van der Waals surface area (Å²) in [6.07, 6.45) is 3.18. The Morgan fingerprint density at radius 1 is 1.47 bits per heavy atom. The predicted molar refractivity (Wildman–Crippen MR) is 75.8 cm³/mol. The van der Waals surface area contributed by atoms with E-state index in [2.05, 4.69) is 29.6 Å². The highest BCUT2D eigenvalue weighted by atomic mass is 16.2. The first-order valence-corrected chi connectivity index (χ1v) is 7.33. The second-order valence-electron chi connectivity index (χ2n) is 5.87. The Hall–Kier alpha value is -1.35. The number of fused-ring (bicyclic) bond motifs is 3. The normalized spacial score (nSPS) is 29.1. The number of hydrogen-bond donors (Lipinski definition) is 2. The van der Waals surface area contributed by atoms with E-state index < -0.39 is 0 Å². The summed E-state index contributed by atoms with van der Waals surface area (Å²) in [6, 6.07) is 8.65. The Morgan fingerprint density at radius 3 is 3.05 bits per heavy atom. The Balaban J connectivity index is 1.65. The molecule has 0 aromatic heterocycles. The molecule has 1 aromatic carbocycles. The number of benzene rings is 1. The number of nitrogens with one attached hydrogen (secondary N) is 1. The van der Waals surface area contributed by atoms with Gasteiger partial charge in [-0.15, -0.1) is 0 Å². The lowest BCUT2D eigenvalue weighted by atomic mass is 9.92. The summed E-state index contributed by atoms with van der Waals surface area (Å²) in [4.78, 5) is 12.2. The number of hydrogen-bond acceptors (Lipinski definition) is 2. The van der Waals surface area contributed by atoms with Crippen LogP contribution < -0.4 is 11.1 Å². The molecule has 0 spiro atoms. The number of carbonyl (C=O) groups is 1. The van der Waals surface area contributed by atoms with E-state index in [1.54, 1.807) is 0 Å². The third kappa shape index (κ3) is 2.27. The molecule has 1 aromatic rings. The first-order valence-electron chi connectivity index (χ1n) is 7.33. The first kappa shape index (κ1) is 12.7. The molecular weight excluding hydrogens is 236 g/mol. The van der Waals surface area contributed by atoms with E-state index in [0.29, 0.717) is 18.4 Å². The minimum absolute atomic E-state index is 0.0806. The van der Waals surface area contributed by atoms with E-state index in [9.17, 15) is 4.79 Å². The van der Waals surface area contributed by atoms with Gasteiger partial charge in [0.05, 0.1) is 0 Å². The molecule has 3 rings (SSSR count). The molecule has 1 saturated carbocycles. The van der Waals surface area contributed by atoms with Crippen molar-refractivity contribution in [3.05, 3.63) is 35.4 Å².